The smallest absolute Gasteiger partial charge is 0.122 e. The molecule has 1 nitrogen and oxygen atoms in total. The molecule has 0 saturated heterocycles. The molecule has 0 amide bonds. The van der Waals surface area contributed by atoms with E-state index in [1.807, 2.05) is 40.7 Å². The van der Waals surface area contributed by atoms with Crippen LogP contribution in [0.3, 0.4) is 0 Å². The molecule has 3 heteroatoms. The van der Waals surface area contributed by atoms with E-state index in [1.165, 1.54) is 0 Å². The number of hydrogen-bond donors (Lipinski definition) is 2. The van der Waals surface area contributed by atoms with Crippen molar-refractivity contribution in [1.82, 2.24) is 0 Å². The maximum Gasteiger partial charge on any atom is 0.122 e. The van der Waals surface area contributed by atoms with Crippen molar-refractivity contribution in [3.05, 3.63) is 23.6 Å². The molecular weight excluding hydrogens is 269 g/mol. The van der Waals surface area contributed by atoms with E-state index in [2.05, 4.69) is 45.6 Å². The first kappa shape index (κ1) is 28.0. The minimum atomic E-state index is -0.0747. The SMILES string of the molecule is C/C=C(\C(F)=C/C)C(CC)C(C)(C)C.CC.CC.NS. The zero-order chi connectivity index (χ0) is 17.4. The number of nitrogens with two attached hydrogens (primary N) is 1. The van der Waals surface area contributed by atoms with Gasteiger partial charge in [-0.3, -0.25) is 5.14 Å². The lowest BCUT2D eigenvalue weighted by atomic mass is 9.74. The molecule has 0 radical (unpaired) electrons. The second kappa shape index (κ2) is 18.7. The molecule has 1 atom stereocenters. The Balaban J connectivity index is -0.000000187. The summed E-state index contributed by atoms with van der Waals surface area (Å²) in [5.74, 6) is 0.220. The standard InChI is InChI=1S/C13H23F.2C2H6.H3NS/c1-7-10(12(14)9-3)11(8-2)13(4,5)6;3*1-2/h7,9,11H,8H2,1-6H3;2*1-2H3;2H,1H2/b10-7-,12-9+;;;. The molecule has 0 aliphatic rings. The van der Waals surface area contributed by atoms with Crippen molar-refractivity contribution in [2.75, 3.05) is 0 Å². The van der Waals surface area contributed by atoms with Crippen LogP contribution in [0.25, 0.3) is 0 Å². The second-order valence-corrected chi connectivity index (χ2v) is 4.71. The summed E-state index contributed by atoms with van der Waals surface area (Å²) < 4.78 is 13.6. The number of thiol groups is 1. The van der Waals surface area contributed by atoms with Gasteiger partial charge < -0.3 is 0 Å². The van der Waals surface area contributed by atoms with Crippen LogP contribution >= 0.6 is 12.8 Å². The Morgan fingerprint density at radius 2 is 1.40 bits per heavy atom. The van der Waals surface area contributed by atoms with Crippen LogP contribution in [0.2, 0.25) is 0 Å². The van der Waals surface area contributed by atoms with Crippen molar-refractivity contribution in [2.45, 2.75) is 75.7 Å². The van der Waals surface area contributed by atoms with Gasteiger partial charge in [0.25, 0.3) is 0 Å². The fourth-order valence-electron chi connectivity index (χ4n) is 1.97. The Hall–Kier alpha value is -0.280. The molecule has 0 aliphatic heterocycles. The molecule has 0 bridgehead atoms. The van der Waals surface area contributed by atoms with Crippen LogP contribution in [-0.2, 0) is 0 Å². The normalized spacial score (nSPS) is 12.8. The highest BCUT2D eigenvalue weighted by atomic mass is 32.1. The Morgan fingerprint density at radius 1 is 1.05 bits per heavy atom. The summed E-state index contributed by atoms with van der Waals surface area (Å²) in [7, 11) is 0. The lowest BCUT2D eigenvalue weighted by Gasteiger charge is -2.31. The molecule has 0 aromatic rings. The van der Waals surface area contributed by atoms with E-state index in [4.69, 9.17) is 0 Å². The summed E-state index contributed by atoms with van der Waals surface area (Å²) in [6.07, 6.45) is 4.42. The van der Waals surface area contributed by atoms with Crippen molar-refractivity contribution in [2.24, 2.45) is 16.5 Å². The van der Waals surface area contributed by atoms with E-state index in [1.54, 1.807) is 13.0 Å². The third-order valence-electron chi connectivity index (χ3n) is 2.67. The first-order valence-electron chi connectivity index (χ1n) is 7.62. The van der Waals surface area contributed by atoms with Crippen molar-refractivity contribution in [1.29, 1.82) is 0 Å². The zero-order valence-corrected chi connectivity index (χ0v) is 16.2. The molecular formula is C17H38FNS. The number of hydrogen-bond acceptors (Lipinski definition) is 2. The van der Waals surface area contributed by atoms with Crippen molar-refractivity contribution in [3.8, 4) is 0 Å². The Bertz CT molecular complexity index is 240. The summed E-state index contributed by atoms with van der Waals surface area (Å²) in [6.45, 7) is 20.2. The minimum absolute atomic E-state index is 0.0747. The van der Waals surface area contributed by atoms with Crippen molar-refractivity contribution < 1.29 is 4.39 Å². The predicted octanol–water partition coefficient (Wildman–Crippen LogP) is 6.72. The van der Waals surface area contributed by atoms with E-state index in [0.717, 1.165) is 12.0 Å². The number of rotatable bonds is 3. The van der Waals surface area contributed by atoms with Gasteiger partial charge in [-0.1, -0.05) is 67.5 Å². The van der Waals surface area contributed by atoms with Crippen LogP contribution < -0.4 is 5.14 Å². The molecule has 0 rings (SSSR count). The molecule has 0 aromatic heterocycles. The minimum Gasteiger partial charge on any atom is -0.281 e. The summed E-state index contributed by atoms with van der Waals surface area (Å²) in [5.41, 5.74) is 0.972. The predicted molar refractivity (Wildman–Crippen MR) is 97.7 cm³/mol. The van der Waals surface area contributed by atoms with Crippen molar-refractivity contribution in [3.63, 3.8) is 0 Å². The highest BCUT2D eigenvalue weighted by Crippen LogP contribution is 2.37. The van der Waals surface area contributed by atoms with Gasteiger partial charge in [-0.05, 0) is 37.2 Å². The Kier molecular flexibility index (Phi) is 26.2. The molecule has 2 N–H and O–H groups in total. The average molecular weight is 308 g/mol. The quantitative estimate of drug-likeness (QED) is 0.439. The molecule has 124 valence electrons. The highest BCUT2D eigenvalue weighted by Gasteiger charge is 2.27. The van der Waals surface area contributed by atoms with Crippen LogP contribution in [0.1, 0.15) is 75.7 Å². The van der Waals surface area contributed by atoms with Gasteiger partial charge in [-0.2, -0.15) is 0 Å². The molecule has 0 heterocycles. The van der Waals surface area contributed by atoms with E-state index in [9.17, 15) is 4.39 Å². The highest BCUT2D eigenvalue weighted by molar-refractivity contribution is 7.77. The summed E-state index contributed by atoms with van der Waals surface area (Å²) in [5, 5.41) is 4.19. The molecule has 1 unspecified atom stereocenters. The van der Waals surface area contributed by atoms with Crippen LogP contribution in [0, 0.1) is 11.3 Å². The van der Waals surface area contributed by atoms with Gasteiger partial charge in [0.05, 0.1) is 0 Å². The first-order valence-corrected chi connectivity index (χ1v) is 8.14. The van der Waals surface area contributed by atoms with E-state index in [0.29, 0.717) is 5.92 Å². The lowest BCUT2D eigenvalue weighted by molar-refractivity contribution is 0.268. The topological polar surface area (TPSA) is 26.0 Å². The summed E-state index contributed by atoms with van der Waals surface area (Å²) >= 11 is 3.03. The summed E-state index contributed by atoms with van der Waals surface area (Å²) in [6, 6.07) is 0. The Labute approximate surface area is 133 Å². The molecule has 0 saturated carbocycles. The largest absolute Gasteiger partial charge is 0.281 e. The first-order chi connectivity index (χ1) is 9.38. The van der Waals surface area contributed by atoms with Crippen LogP contribution in [0.4, 0.5) is 4.39 Å². The maximum absolute atomic E-state index is 13.6. The monoisotopic (exact) mass is 307 g/mol. The molecule has 20 heavy (non-hydrogen) atoms. The fraction of sp³-hybridized carbons (Fsp3) is 0.765. The lowest BCUT2D eigenvalue weighted by Crippen LogP contribution is -2.22. The van der Waals surface area contributed by atoms with Crippen molar-refractivity contribution >= 4 is 12.8 Å². The van der Waals surface area contributed by atoms with Crippen LogP contribution in [0.15, 0.2) is 23.6 Å². The van der Waals surface area contributed by atoms with Gasteiger partial charge >= 0.3 is 0 Å². The van der Waals surface area contributed by atoms with Gasteiger partial charge in [-0.25, -0.2) is 4.39 Å². The van der Waals surface area contributed by atoms with E-state index < -0.39 is 0 Å². The second-order valence-electron chi connectivity index (χ2n) is 4.71. The number of halogens is 1. The van der Waals surface area contributed by atoms with Gasteiger partial charge in [0.1, 0.15) is 5.83 Å². The van der Waals surface area contributed by atoms with E-state index >= 15 is 0 Å². The number of allylic oxidation sites excluding steroid dienone is 4. The molecule has 0 aromatic carbocycles. The Morgan fingerprint density at radius 3 is 1.55 bits per heavy atom. The maximum atomic E-state index is 13.6. The zero-order valence-electron chi connectivity index (χ0n) is 15.3. The van der Waals surface area contributed by atoms with Gasteiger partial charge in [-0.15, -0.1) is 12.8 Å². The molecule has 0 spiro atoms. The molecule has 0 aliphatic carbocycles. The van der Waals surface area contributed by atoms with Crippen LogP contribution in [0.5, 0.6) is 0 Å². The average Bonchev–Trinajstić information content (AvgIpc) is 2.48. The van der Waals surface area contributed by atoms with Gasteiger partial charge in [0, 0.05) is 0 Å². The third kappa shape index (κ3) is 12.7. The fourth-order valence-corrected chi connectivity index (χ4v) is 1.97. The third-order valence-corrected chi connectivity index (χ3v) is 2.67. The van der Waals surface area contributed by atoms with Crippen LogP contribution in [-0.4, -0.2) is 0 Å². The molecule has 0 fully saturated rings. The van der Waals surface area contributed by atoms with Gasteiger partial charge in [0.2, 0.25) is 0 Å². The summed E-state index contributed by atoms with van der Waals surface area (Å²) in [4.78, 5) is 0. The van der Waals surface area contributed by atoms with Gasteiger partial charge in [0.15, 0.2) is 0 Å². The van der Waals surface area contributed by atoms with E-state index in [-0.39, 0.29) is 11.2 Å².